The lowest BCUT2D eigenvalue weighted by Crippen LogP contribution is -2.02. The van der Waals surface area contributed by atoms with Crippen LogP contribution in [0.15, 0.2) is 97.2 Å². The number of hydrogen-bond acceptors (Lipinski definition) is 2. The zero-order chi connectivity index (χ0) is 17.5. The molecule has 0 bridgehead atoms. The Labute approximate surface area is 139 Å². The van der Waals surface area contributed by atoms with Crippen LogP contribution in [0.2, 0.25) is 0 Å². The van der Waals surface area contributed by atoms with Crippen LogP contribution in [-0.4, -0.2) is 11.6 Å². The first-order chi connectivity index (χ1) is 11.1. The van der Waals surface area contributed by atoms with Crippen LogP contribution in [0, 0.1) is 0 Å². The number of ketones is 2. The third-order valence-electron chi connectivity index (χ3n) is 2.70. The van der Waals surface area contributed by atoms with E-state index in [1.807, 2.05) is 38.2 Å². The molecule has 0 aliphatic heterocycles. The zero-order valence-electron chi connectivity index (χ0n) is 13.9. The number of carbonyl (C=O) groups is 2. The average molecular weight is 308 g/mol. The van der Waals surface area contributed by atoms with E-state index in [4.69, 9.17) is 0 Å². The van der Waals surface area contributed by atoms with Crippen molar-refractivity contribution in [3.8, 4) is 0 Å². The lowest BCUT2D eigenvalue weighted by molar-refractivity contribution is -0.121. The second-order valence-corrected chi connectivity index (χ2v) is 4.56. The molecule has 0 aliphatic rings. The molecule has 0 rings (SSSR count). The Morgan fingerprint density at radius 2 is 1.39 bits per heavy atom. The molecule has 0 amide bonds. The van der Waals surface area contributed by atoms with Gasteiger partial charge >= 0.3 is 0 Å². The molecule has 0 spiro atoms. The number of rotatable bonds is 10. The Morgan fingerprint density at radius 3 is 1.87 bits per heavy atom. The van der Waals surface area contributed by atoms with E-state index in [1.165, 1.54) is 12.2 Å². The summed E-state index contributed by atoms with van der Waals surface area (Å²) in [7, 11) is 0. The summed E-state index contributed by atoms with van der Waals surface area (Å²) in [5.41, 5.74) is 1.73. The summed E-state index contributed by atoms with van der Waals surface area (Å²) in [5.74, 6) is -0.464. The molecule has 0 fully saturated rings. The van der Waals surface area contributed by atoms with Crippen LogP contribution >= 0.6 is 0 Å². The first-order valence-electron chi connectivity index (χ1n) is 7.40. The highest BCUT2D eigenvalue weighted by atomic mass is 16.1. The van der Waals surface area contributed by atoms with Gasteiger partial charge in [-0.15, -0.1) is 0 Å². The minimum absolute atomic E-state index is 0.146. The maximum atomic E-state index is 11.8. The van der Waals surface area contributed by atoms with Gasteiger partial charge in [-0.05, 0) is 37.1 Å². The molecule has 2 nitrogen and oxygen atoms in total. The molecule has 23 heavy (non-hydrogen) atoms. The van der Waals surface area contributed by atoms with Crippen LogP contribution in [0.25, 0.3) is 0 Å². The fourth-order valence-corrected chi connectivity index (χ4v) is 1.59. The Balaban J connectivity index is 4.70. The van der Waals surface area contributed by atoms with Crippen molar-refractivity contribution in [2.45, 2.75) is 20.3 Å². The average Bonchev–Trinajstić information content (AvgIpc) is 2.53. The van der Waals surface area contributed by atoms with Crippen LogP contribution in [0.3, 0.4) is 0 Å². The van der Waals surface area contributed by atoms with Gasteiger partial charge in [-0.3, -0.25) is 9.59 Å². The second-order valence-electron chi connectivity index (χ2n) is 4.56. The lowest BCUT2D eigenvalue weighted by atomic mass is 10.1. The highest BCUT2D eigenvalue weighted by Gasteiger charge is 2.03. The van der Waals surface area contributed by atoms with E-state index >= 15 is 0 Å². The second kappa shape index (κ2) is 13.0. The normalized spacial score (nSPS) is 13.5. The van der Waals surface area contributed by atoms with Gasteiger partial charge in [-0.25, -0.2) is 0 Å². The highest BCUT2D eigenvalue weighted by molar-refractivity contribution is 6.08. The molecule has 0 heterocycles. The van der Waals surface area contributed by atoms with Gasteiger partial charge in [0.2, 0.25) is 0 Å². The maximum absolute atomic E-state index is 11.8. The van der Waals surface area contributed by atoms with E-state index in [9.17, 15) is 9.59 Å². The Hall–Kier alpha value is -2.74. The van der Waals surface area contributed by atoms with Gasteiger partial charge in [-0.1, -0.05) is 73.9 Å². The first-order valence-corrected chi connectivity index (χ1v) is 7.40. The fraction of sp³-hybridized carbons (Fsp3) is 0.143. The lowest BCUT2D eigenvalue weighted by Gasteiger charge is -1.94. The van der Waals surface area contributed by atoms with E-state index in [0.717, 1.165) is 11.1 Å². The molecule has 0 aliphatic carbocycles. The summed E-state index contributed by atoms with van der Waals surface area (Å²) in [6, 6.07) is 0. The molecule has 0 saturated heterocycles. The van der Waals surface area contributed by atoms with Gasteiger partial charge in [0, 0.05) is 0 Å². The van der Waals surface area contributed by atoms with Gasteiger partial charge in [0.15, 0.2) is 11.6 Å². The summed E-state index contributed by atoms with van der Waals surface area (Å²) in [6.07, 6.45) is 20.3. The summed E-state index contributed by atoms with van der Waals surface area (Å²) in [6.45, 7) is 11.0. The summed E-state index contributed by atoms with van der Waals surface area (Å²) < 4.78 is 0. The van der Waals surface area contributed by atoms with Crippen molar-refractivity contribution in [3.63, 3.8) is 0 Å². The van der Waals surface area contributed by atoms with Crippen LogP contribution in [-0.2, 0) is 9.59 Å². The van der Waals surface area contributed by atoms with Crippen LogP contribution in [0.1, 0.15) is 20.3 Å². The molecule has 120 valence electrons. The van der Waals surface area contributed by atoms with Gasteiger partial charge in [0.25, 0.3) is 0 Å². The third kappa shape index (κ3) is 10.6. The van der Waals surface area contributed by atoms with E-state index < -0.39 is 0 Å². The Kier molecular flexibility index (Phi) is 11.4. The maximum Gasteiger partial charge on any atom is 0.163 e. The monoisotopic (exact) mass is 308 g/mol. The van der Waals surface area contributed by atoms with Gasteiger partial charge in [-0.2, -0.15) is 0 Å². The first kappa shape index (κ1) is 20.3. The summed E-state index contributed by atoms with van der Waals surface area (Å²) in [5, 5.41) is 0. The van der Waals surface area contributed by atoms with Crippen molar-refractivity contribution in [3.05, 3.63) is 97.2 Å². The van der Waals surface area contributed by atoms with Gasteiger partial charge < -0.3 is 0 Å². The van der Waals surface area contributed by atoms with E-state index in [2.05, 4.69) is 13.2 Å². The van der Waals surface area contributed by atoms with Crippen molar-refractivity contribution in [2.24, 2.45) is 0 Å². The third-order valence-corrected chi connectivity index (χ3v) is 2.70. The van der Waals surface area contributed by atoms with E-state index in [1.54, 1.807) is 36.5 Å². The van der Waals surface area contributed by atoms with Crippen molar-refractivity contribution in [2.75, 3.05) is 0 Å². The Bertz CT molecular complexity index is 606. The molecular weight excluding hydrogens is 284 g/mol. The molecule has 2 heteroatoms. The minimum Gasteiger partial charge on any atom is -0.294 e. The molecular formula is C21H24O2. The zero-order valence-corrected chi connectivity index (χ0v) is 13.9. The Morgan fingerprint density at radius 1 is 0.783 bits per heavy atom. The fourth-order valence-electron chi connectivity index (χ4n) is 1.59. The van der Waals surface area contributed by atoms with Gasteiger partial charge in [0.05, 0.1) is 6.42 Å². The van der Waals surface area contributed by atoms with Crippen LogP contribution in [0.4, 0.5) is 0 Å². The topological polar surface area (TPSA) is 34.1 Å². The largest absolute Gasteiger partial charge is 0.294 e. The minimum atomic E-state index is -0.234. The van der Waals surface area contributed by atoms with E-state index in [0.29, 0.717) is 0 Å². The summed E-state index contributed by atoms with van der Waals surface area (Å²) >= 11 is 0. The number of carbonyl (C=O) groups excluding carboxylic acids is 2. The standard InChI is InChI=1S/C21H24O2/c1-5-9-12-18(8-4)13-15-20(22)17-21(23)16-14-19(10-6-2)11-7-3/h5-16H,1-2,17H2,3-4H3/b11-7-,12-9-,15-13+,16-14+,18-8+,19-10+. The predicted molar refractivity (Wildman–Crippen MR) is 99.1 cm³/mol. The van der Waals surface area contributed by atoms with Crippen LogP contribution < -0.4 is 0 Å². The SMILES string of the molecule is C=C\C=C/C(/C=C/C(=O)CC(=O)/C=C/C(/C=C\C)=C/C=C)=C\C. The number of hydrogen-bond donors (Lipinski definition) is 0. The molecule has 0 aromatic heterocycles. The smallest absolute Gasteiger partial charge is 0.163 e. The van der Waals surface area contributed by atoms with Crippen molar-refractivity contribution in [1.29, 1.82) is 0 Å². The van der Waals surface area contributed by atoms with Crippen molar-refractivity contribution >= 4 is 11.6 Å². The molecule has 0 radical (unpaired) electrons. The predicted octanol–water partition coefficient (Wildman–Crippen LogP) is 5.00. The van der Waals surface area contributed by atoms with Crippen molar-refractivity contribution in [1.82, 2.24) is 0 Å². The molecule has 0 aromatic rings. The van der Waals surface area contributed by atoms with Crippen molar-refractivity contribution < 1.29 is 9.59 Å². The van der Waals surface area contributed by atoms with Crippen LogP contribution in [0.5, 0.6) is 0 Å². The molecule has 0 aromatic carbocycles. The molecule has 0 saturated carbocycles. The molecule has 0 N–H and O–H groups in total. The van der Waals surface area contributed by atoms with E-state index in [-0.39, 0.29) is 18.0 Å². The molecule has 0 unspecified atom stereocenters. The quantitative estimate of drug-likeness (QED) is 0.323. The summed E-state index contributed by atoms with van der Waals surface area (Å²) in [4.78, 5) is 23.6. The highest BCUT2D eigenvalue weighted by Crippen LogP contribution is 2.03. The number of allylic oxidation sites excluding steroid dienone is 14. The van der Waals surface area contributed by atoms with Gasteiger partial charge in [0.1, 0.15) is 0 Å². The molecule has 0 atom stereocenters.